The highest BCUT2D eigenvalue weighted by Crippen LogP contribution is 2.16. The number of para-hydroxylation sites is 1. The first-order valence-corrected chi connectivity index (χ1v) is 8.07. The van der Waals surface area contributed by atoms with Crippen LogP contribution in [-0.2, 0) is 22.7 Å². The molecule has 0 saturated carbocycles. The van der Waals surface area contributed by atoms with E-state index in [-0.39, 0.29) is 18.3 Å². The predicted octanol–water partition coefficient (Wildman–Crippen LogP) is 4.15. The maximum atomic E-state index is 13.5. The fourth-order valence-corrected chi connectivity index (χ4v) is 2.31. The highest BCUT2D eigenvalue weighted by Gasteiger charge is 2.07. The lowest BCUT2D eigenvalue weighted by atomic mass is 10.2. The molecule has 1 heterocycles. The van der Waals surface area contributed by atoms with Crippen molar-refractivity contribution in [3.8, 4) is 5.75 Å². The molecular formula is C20H18FNO4. The lowest BCUT2D eigenvalue weighted by molar-refractivity contribution is -0.118. The largest absolute Gasteiger partial charge is 0.481 e. The van der Waals surface area contributed by atoms with E-state index in [2.05, 4.69) is 5.32 Å². The minimum absolute atomic E-state index is 0.0442. The van der Waals surface area contributed by atoms with Gasteiger partial charge in [-0.15, -0.1) is 0 Å². The molecule has 0 aliphatic heterocycles. The fourth-order valence-electron chi connectivity index (χ4n) is 2.31. The lowest BCUT2D eigenvalue weighted by Crippen LogP contribution is -2.20. The highest BCUT2D eigenvalue weighted by atomic mass is 19.1. The molecule has 0 spiro atoms. The van der Waals surface area contributed by atoms with E-state index in [4.69, 9.17) is 13.9 Å². The molecule has 134 valence electrons. The van der Waals surface area contributed by atoms with Crippen LogP contribution in [0.1, 0.15) is 11.3 Å². The van der Waals surface area contributed by atoms with Gasteiger partial charge in [0.1, 0.15) is 12.4 Å². The van der Waals surface area contributed by atoms with Crippen molar-refractivity contribution in [1.29, 1.82) is 0 Å². The lowest BCUT2D eigenvalue weighted by Gasteiger charge is -2.09. The summed E-state index contributed by atoms with van der Waals surface area (Å²) < 4.78 is 29.4. The summed E-state index contributed by atoms with van der Waals surface area (Å²) >= 11 is 0. The minimum Gasteiger partial charge on any atom is -0.481 e. The maximum absolute atomic E-state index is 13.5. The standard InChI is InChI=1S/C20H18FNO4/c21-18-8-1-2-9-19(18)26-14-20(23)22-16-6-3-5-15(11-16)12-24-13-17-7-4-10-25-17/h1-11H,12-14H2,(H,22,23). The van der Waals surface area contributed by atoms with E-state index in [0.717, 1.165) is 11.3 Å². The maximum Gasteiger partial charge on any atom is 0.262 e. The van der Waals surface area contributed by atoms with Crippen LogP contribution in [0.15, 0.2) is 71.3 Å². The third-order valence-corrected chi connectivity index (χ3v) is 3.50. The Morgan fingerprint density at radius 1 is 1.04 bits per heavy atom. The molecule has 0 aliphatic rings. The number of halogens is 1. The molecule has 0 atom stereocenters. The van der Waals surface area contributed by atoms with Gasteiger partial charge in [-0.1, -0.05) is 24.3 Å². The van der Waals surface area contributed by atoms with Gasteiger partial charge < -0.3 is 19.2 Å². The van der Waals surface area contributed by atoms with Gasteiger partial charge in [0.15, 0.2) is 18.2 Å². The first kappa shape index (κ1) is 17.7. The van der Waals surface area contributed by atoms with Crippen molar-refractivity contribution in [2.75, 3.05) is 11.9 Å². The Bertz CT molecular complexity index is 849. The molecule has 0 unspecified atom stereocenters. The summed E-state index contributed by atoms with van der Waals surface area (Å²) in [6, 6.07) is 16.9. The Morgan fingerprint density at radius 3 is 2.73 bits per heavy atom. The van der Waals surface area contributed by atoms with E-state index < -0.39 is 5.82 Å². The van der Waals surface area contributed by atoms with Crippen molar-refractivity contribution < 1.29 is 23.1 Å². The summed E-state index contributed by atoms with van der Waals surface area (Å²) in [5.74, 6) is -0.0830. The SMILES string of the molecule is O=C(COc1ccccc1F)Nc1cccc(COCc2ccco2)c1. The van der Waals surface area contributed by atoms with Crippen LogP contribution in [0.4, 0.5) is 10.1 Å². The molecule has 1 aromatic heterocycles. The molecule has 26 heavy (non-hydrogen) atoms. The average Bonchev–Trinajstić information content (AvgIpc) is 3.15. The Morgan fingerprint density at radius 2 is 1.92 bits per heavy atom. The van der Waals surface area contributed by atoms with Gasteiger partial charge in [-0.25, -0.2) is 4.39 Å². The number of rotatable bonds is 8. The fraction of sp³-hybridized carbons (Fsp3) is 0.150. The molecule has 2 aromatic carbocycles. The van der Waals surface area contributed by atoms with Gasteiger partial charge in [-0.3, -0.25) is 4.79 Å². The van der Waals surface area contributed by atoms with Crippen molar-refractivity contribution >= 4 is 11.6 Å². The van der Waals surface area contributed by atoms with Crippen LogP contribution >= 0.6 is 0 Å². The molecule has 0 fully saturated rings. The summed E-state index contributed by atoms with van der Waals surface area (Å²) in [5.41, 5.74) is 1.52. The van der Waals surface area contributed by atoms with Crippen molar-refractivity contribution in [3.05, 3.63) is 84.1 Å². The zero-order chi connectivity index (χ0) is 18.2. The average molecular weight is 355 g/mol. The van der Waals surface area contributed by atoms with Crippen LogP contribution < -0.4 is 10.1 Å². The normalized spacial score (nSPS) is 10.5. The third kappa shape index (κ3) is 5.19. The molecule has 0 aliphatic carbocycles. The van der Waals surface area contributed by atoms with Crippen molar-refractivity contribution in [2.24, 2.45) is 0 Å². The predicted molar refractivity (Wildman–Crippen MR) is 94.2 cm³/mol. The Balaban J connectivity index is 1.48. The number of hydrogen-bond acceptors (Lipinski definition) is 4. The van der Waals surface area contributed by atoms with E-state index in [9.17, 15) is 9.18 Å². The van der Waals surface area contributed by atoms with Gasteiger partial charge in [0, 0.05) is 5.69 Å². The number of carbonyl (C=O) groups excluding carboxylic acids is 1. The van der Waals surface area contributed by atoms with Crippen LogP contribution in [0.5, 0.6) is 5.75 Å². The van der Waals surface area contributed by atoms with E-state index in [1.807, 2.05) is 24.3 Å². The van der Waals surface area contributed by atoms with Crippen LogP contribution in [0.25, 0.3) is 0 Å². The van der Waals surface area contributed by atoms with Crippen molar-refractivity contribution in [2.45, 2.75) is 13.2 Å². The quantitative estimate of drug-likeness (QED) is 0.659. The number of benzene rings is 2. The number of nitrogens with one attached hydrogen (secondary N) is 1. The summed E-state index contributed by atoms with van der Waals surface area (Å²) in [6.45, 7) is 0.482. The summed E-state index contributed by atoms with van der Waals surface area (Å²) in [6.07, 6.45) is 1.60. The molecule has 6 heteroatoms. The smallest absolute Gasteiger partial charge is 0.262 e. The molecule has 0 radical (unpaired) electrons. The molecule has 3 rings (SSSR count). The van der Waals surface area contributed by atoms with Crippen molar-refractivity contribution in [1.82, 2.24) is 0 Å². The molecule has 1 amide bonds. The Kier molecular flexibility index (Phi) is 6.01. The molecule has 1 N–H and O–H groups in total. The van der Waals surface area contributed by atoms with Crippen LogP contribution in [0.3, 0.4) is 0 Å². The third-order valence-electron chi connectivity index (χ3n) is 3.50. The number of furan rings is 1. The van der Waals surface area contributed by atoms with E-state index in [0.29, 0.717) is 18.9 Å². The van der Waals surface area contributed by atoms with Gasteiger partial charge >= 0.3 is 0 Å². The number of anilines is 1. The molecule has 0 saturated heterocycles. The monoisotopic (exact) mass is 355 g/mol. The van der Waals surface area contributed by atoms with Gasteiger partial charge in [-0.05, 0) is 42.0 Å². The summed E-state index contributed by atoms with van der Waals surface area (Å²) in [7, 11) is 0. The summed E-state index contributed by atoms with van der Waals surface area (Å²) in [4.78, 5) is 12.0. The first-order valence-electron chi connectivity index (χ1n) is 8.07. The van der Waals surface area contributed by atoms with Gasteiger partial charge in [-0.2, -0.15) is 0 Å². The van der Waals surface area contributed by atoms with Crippen LogP contribution in [-0.4, -0.2) is 12.5 Å². The second kappa shape index (κ2) is 8.82. The highest BCUT2D eigenvalue weighted by molar-refractivity contribution is 5.91. The zero-order valence-corrected chi connectivity index (χ0v) is 14.0. The molecular weight excluding hydrogens is 337 g/mol. The Hall–Kier alpha value is -3.12. The van der Waals surface area contributed by atoms with Crippen LogP contribution in [0, 0.1) is 5.82 Å². The molecule has 5 nitrogen and oxygen atoms in total. The number of ether oxygens (including phenoxy) is 2. The topological polar surface area (TPSA) is 60.7 Å². The zero-order valence-electron chi connectivity index (χ0n) is 14.0. The second-order valence-electron chi connectivity index (χ2n) is 5.54. The second-order valence-corrected chi connectivity index (χ2v) is 5.54. The number of amides is 1. The van der Waals surface area contributed by atoms with Gasteiger partial charge in [0.25, 0.3) is 5.91 Å². The first-order chi connectivity index (χ1) is 12.7. The minimum atomic E-state index is -0.504. The van der Waals surface area contributed by atoms with Crippen molar-refractivity contribution in [3.63, 3.8) is 0 Å². The summed E-state index contributed by atoms with van der Waals surface area (Å²) in [5, 5.41) is 2.72. The van der Waals surface area contributed by atoms with E-state index >= 15 is 0 Å². The van der Waals surface area contributed by atoms with Crippen LogP contribution in [0.2, 0.25) is 0 Å². The number of hydrogen-bond donors (Lipinski definition) is 1. The van der Waals surface area contributed by atoms with E-state index in [1.165, 1.54) is 12.1 Å². The Labute approximate surface area is 150 Å². The number of carbonyl (C=O) groups is 1. The molecule has 0 bridgehead atoms. The van der Waals surface area contributed by atoms with Gasteiger partial charge in [0.2, 0.25) is 0 Å². The van der Waals surface area contributed by atoms with E-state index in [1.54, 1.807) is 30.5 Å². The molecule has 3 aromatic rings. The van der Waals surface area contributed by atoms with Gasteiger partial charge in [0.05, 0.1) is 12.9 Å².